The number of hydrogen-bond donors (Lipinski definition) is 0. The third-order valence-electron chi connectivity index (χ3n) is 4.09. The van der Waals surface area contributed by atoms with Crippen molar-refractivity contribution in [1.82, 2.24) is 0 Å². The Bertz CT molecular complexity index is 255. The van der Waals surface area contributed by atoms with Crippen LogP contribution >= 0.6 is 0 Å². The van der Waals surface area contributed by atoms with Crippen molar-refractivity contribution in [1.29, 1.82) is 0 Å². The van der Waals surface area contributed by atoms with Crippen LogP contribution in [0.2, 0.25) is 0 Å². The molecule has 2 heteroatoms. The summed E-state index contributed by atoms with van der Waals surface area (Å²) in [4.78, 5) is 22.2. The van der Waals surface area contributed by atoms with Gasteiger partial charge in [-0.05, 0) is 26.2 Å². The summed E-state index contributed by atoms with van der Waals surface area (Å²) in [7, 11) is 0. The lowest BCUT2D eigenvalue weighted by Crippen LogP contribution is -2.19. The van der Waals surface area contributed by atoms with Crippen molar-refractivity contribution < 1.29 is 9.59 Å². The van der Waals surface area contributed by atoms with Gasteiger partial charge in [-0.1, -0.05) is 73.1 Å². The molecule has 22 heavy (non-hydrogen) atoms. The molecule has 0 saturated heterocycles. The van der Waals surface area contributed by atoms with E-state index >= 15 is 0 Å². The third-order valence-corrected chi connectivity index (χ3v) is 4.09. The topological polar surface area (TPSA) is 34.1 Å². The largest absolute Gasteiger partial charge is 0.300 e. The molecule has 0 radical (unpaired) electrons. The Morgan fingerprint density at radius 2 is 1.14 bits per heavy atom. The summed E-state index contributed by atoms with van der Waals surface area (Å²) in [6, 6.07) is 0. The van der Waals surface area contributed by atoms with E-state index in [0.717, 1.165) is 25.7 Å². The summed E-state index contributed by atoms with van der Waals surface area (Å²) in [5.41, 5.74) is 0. The predicted molar refractivity (Wildman–Crippen MR) is 97.2 cm³/mol. The minimum Gasteiger partial charge on any atom is -0.300 e. The van der Waals surface area contributed by atoms with Gasteiger partial charge in [0.25, 0.3) is 0 Å². The van der Waals surface area contributed by atoms with Gasteiger partial charge in [0.15, 0.2) is 0 Å². The molecule has 0 spiro atoms. The molecule has 0 amide bonds. The van der Waals surface area contributed by atoms with Gasteiger partial charge in [0, 0.05) is 18.3 Å². The zero-order valence-electron chi connectivity index (χ0n) is 16.0. The van der Waals surface area contributed by atoms with Crippen molar-refractivity contribution in [3.8, 4) is 0 Å². The monoisotopic (exact) mass is 312 g/mol. The first kappa shape index (κ1) is 23.6. The second kappa shape index (κ2) is 16.7. The minimum absolute atomic E-state index is 0.279. The molecular formula is C20H40O2. The van der Waals surface area contributed by atoms with Gasteiger partial charge in [-0.3, -0.25) is 4.79 Å². The van der Waals surface area contributed by atoms with E-state index in [-0.39, 0.29) is 11.8 Å². The highest BCUT2D eigenvalue weighted by Crippen LogP contribution is 2.17. The number of ketones is 2. The van der Waals surface area contributed by atoms with Gasteiger partial charge in [0.05, 0.1) is 0 Å². The van der Waals surface area contributed by atoms with E-state index in [1.807, 2.05) is 0 Å². The van der Waals surface area contributed by atoms with Crippen LogP contribution in [-0.2, 0) is 9.59 Å². The molecule has 0 aliphatic heterocycles. The molecule has 0 aromatic carbocycles. The standard InChI is InChI=1S/C13H26O.C7H14O/c1-5-7-9-11(3)13(14)12(4)10-8-6-2;1-3-4-5-6-7(2)8/h11-12H,5-10H2,1-4H3;3-6H2,1-2H3. The maximum atomic E-state index is 11.9. The molecule has 0 fully saturated rings. The van der Waals surface area contributed by atoms with E-state index in [4.69, 9.17) is 0 Å². The molecule has 0 N–H and O–H groups in total. The van der Waals surface area contributed by atoms with Crippen molar-refractivity contribution in [2.24, 2.45) is 11.8 Å². The Labute approximate surface area is 139 Å². The summed E-state index contributed by atoms with van der Waals surface area (Å²) in [5, 5.41) is 0. The van der Waals surface area contributed by atoms with Crippen molar-refractivity contribution in [2.45, 2.75) is 106 Å². The van der Waals surface area contributed by atoms with Crippen LogP contribution in [0.4, 0.5) is 0 Å². The van der Waals surface area contributed by atoms with Gasteiger partial charge >= 0.3 is 0 Å². The van der Waals surface area contributed by atoms with Crippen LogP contribution in [0.1, 0.15) is 106 Å². The number of carbonyl (C=O) groups excluding carboxylic acids is 2. The van der Waals surface area contributed by atoms with Gasteiger partial charge in [0.1, 0.15) is 11.6 Å². The fraction of sp³-hybridized carbons (Fsp3) is 0.900. The molecule has 2 nitrogen and oxygen atoms in total. The van der Waals surface area contributed by atoms with E-state index in [9.17, 15) is 9.59 Å². The zero-order valence-corrected chi connectivity index (χ0v) is 16.0. The van der Waals surface area contributed by atoms with Crippen molar-refractivity contribution in [3.05, 3.63) is 0 Å². The zero-order chi connectivity index (χ0) is 17.4. The van der Waals surface area contributed by atoms with Crippen LogP contribution in [0.15, 0.2) is 0 Å². The van der Waals surface area contributed by atoms with Crippen LogP contribution in [0.3, 0.4) is 0 Å². The quantitative estimate of drug-likeness (QED) is 0.393. The fourth-order valence-corrected chi connectivity index (χ4v) is 2.41. The van der Waals surface area contributed by atoms with Gasteiger partial charge < -0.3 is 4.79 Å². The molecule has 0 aliphatic rings. The smallest absolute Gasteiger partial charge is 0.138 e. The highest BCUT2D eigenvalue weighted by molar-refractivity contribution is 5.82. The first-order valence-corrected chi connectivity index (χ1v) is 9.43. The number of carbonyl (C=O) groups is 2. The number of Topliss-reactive ketones (excluding diaryl/α,β-unsaturated/α-hetero) is 2. The Kier molecular flexibility index (Phi) is 17.9. The highest BCUT2D eigenvalue weighted by Gasteiger charge is 2.18. The lowest BCUT2D eigenvalue weighted by molar-refractivity contribution is -0.126. The molecule has 132 valence electrons. The Morgan fingerprint density at radius 3 is 1.45 bits per heavy atom. The molecular weight excluding hydrogens is 272 g/mol. The summed E-state index contributed by atoms with van der Waals surface area (Å²) in [5.74, 6) is 1.36. The van der Waals surface area contributed by atoms with Crippen LogP contribution in [0.25, 0.3) is 0 Å². The predicted octanol–water partition coefficient (Wildman–Crippen LogP) is 6.36. The van der Waals surface area contributed by atoms with E-state index in [1.54, 1.807) is 6.92 Å². The summed E-state index contributed by atoms with van der Waals surface area (Å²) >= 11 is 0. The first-order valence-electron chi connectivity index (χ1n) is 9.43. The molecule has 2 atom stereocenters. The maximum Gasteiger partial charge on any atom is 0.138 e. The molecule has 0 aliphatic carbocycles. The summed E-state index contributed by atoms with van der Waals surface area (Å²) < 4.78 is 0. The summed E-state index contributed by atoms with van der Waals surface area (Å²) in [6.45, 7) is 12.3. The van der Waals surface area contributed by atoms with Crippen LogP contribution < -0.4 is 0 Å². The third kappa shape index (κ3) is 15.7. The molecule has 0 aromatic rings. The fourth-order valence-electron chi connectivity index (χ4n) is 2.41. The number of hydrogen-bond acceptors (Lipinski definition) is 2. The Hall–Kier alpha value is -0.660. The molecule has 0 saturated carbocycles. The minimum atomic E-state index is 0.279. The van der Waals surface area contributed by atoms with E-state index in [1.165, 1.54) is 38.5 Å². The second-order valence-electron chi connectivity index (χ2n) is 6.65. The molecule has 2 unspecified atom stereocenters. The van der Waals surface area contributed by atoms with E-state index in [2.05, 4.69) is 34.6 Å². The lowest BCUT2D eigenvalue weighted by Gasteiger charge is -2.15. The van der Waals surface area contributed by atoms with Crippen molar-refractivity contribution in [2.75, 3.05) is 0 Å². The van der Waals surface area contributed by atoms with Crippen LogP contribution in [0, 0.1) is 11.8 Å². The molecule has 0 aromatic heterocycles. The summed E-state index contributed by atoms with van der Waals surface area (Å²) in [6.07, 6.45) is 11.2. The van der Waals surface area contributed by atoms with Crippen LogP contribution in [-0.4, -0.2) is 11.6 Å². The first-order chi connectivity index (χ1) is 10.4. The highest BCUT2D eigenvalue weighted by atomic mass is 16.1. The van der Waals surface area contributed by atoms with Gasteiger partial charge in [-0.2, -0.15) is 0 Å². The SMILES string of the molecule is CCCCC(C)C(=O)C(C)CCCC.CCCCCC(C)=O. The van der Waals surface area contributed by atoms with Gasteiger partial charge in [-0.15, -0.1) is 0 Å². The number of rotatable bonds is 12. The lowest BCUT2D eigenvalue weighted by atomic mass is 9.88. The van der Waals surface area contributed by atoms with Gasteiger partial charge in [-0.25, -0.2) is 0 Å². The van der Waals surface area contributed by atoms with Crippen molar-refractivity contribution >= 4 is 11.6 Å². The second-order valence-corrected chi connectivity index (χ2v) is 6.65. The Morgan fingerprint density at radius 1 is 0.727 bits per heavy atom. The molecule has 0 heterocycles. The van der Waals surface area contributed by atoms with Crippen molar-refractivity contribution in [3.63, 3.8) is 0 Å². The van der Waals surface area contributed by atoms with E-state index < -0.39 is 0 Å². The maximum absolute atomic E-state index is 11.9. The molecule has 0 rings (SSSR count). The van der Waals surface area contributed by atoms with Crippen LogP contribution in [0.5, 0.6) is 0 Å². The average molecular weight is 313 g/mol. The Balaban J connectivity index is 0. The average Bonchev–Trinajstić information content (AvgIpc) is 2.50. The normalized spacial score (nSPS) is 13.0. The molecule has 0 bridgehead atoms. The number of unbranched alkanes of at least 4 members (excludes halogenated alkanes) is 4. The van der Waals surface area contributed by atoms with E-state index in [0.29, 0.717) is 11.6 Å². The van der Waals surface area contributed by atoms with Gasteiger partial charge in [0.2, 0.25) is 0 Å².